The second-order valence-electron chi connectivity index (χ2n) is 21.6. The average molecular weight is 1180 g/mol. The molecular weight excluding hydrogens is 1120 g/mol. The normalized spacial score (nSPS) is 12.9. The first-order chi connectivity index (χ1) is 40.8. The van der Waals surface area contributed by atoms with E-state index in [1.54, 1.807) is 48.5 Å². The summed E-state index contributed by atoms with van der Waals surface area (Å²) in [5, 5.41) is 30.1. The van der Waals surface area contributed by atoms with Gasteiger partial charge in [0.05, 0.1) is 0 Å². The van der Waals surface area contributed by atoms with Gasteiger partial charge < -0.3 is 29.0 Å². The largest absolute Gasteiger partial charge is 0.486 e. The summed E-state index contributed by atoms with van der Waals surface area (Å²) in [5.41, 5.74) is 9.15. The second-order valence-corrected chi connectivity index (χ2v) is 21.6. The van der Waals surface area contributed by atoms with Crippen LogP contribution in [0, 0.1) is 41.5 Å². The van der Waals surface area contributed by atoms with Gasteiger partial charge in [0, 0.05) is 101 Å². The highest BCUT2D eigenvalue weighted by Crippen LogP contribution is 2.53. The van der Waals surface area contributed by atoms with E-state index >= 15 is 35.1 Å². The third kappa shape index (κ3) is 10.2. The molecule has 0 bridgehead atoms. The number of rotatable bonds is 19. The number of halogens is 8. The summed E-state index contributed by atoms with van der Waals surface area (Å²) in [6.07, 6.45) is 0. The Hall–Kier alpha value is -9.32. The van der Waals surface area contributed by atoms with Gasteiger partial charge >= 0.3 is 23.7 Å². The predicted molar refractivity (Wildman–Crippen MR) is 317 cm³/mol. The summed E-state index contributed by atoms with van der Waals surface area (Å²) in [4.78, 5) is 28.0. The fraction of sp³-hybridized carbons (Fsp3) is 0.235. The van der Waals surface area contributed by atoms with Gasteiger partial charge in [0.15, 0.2) is 24.8 Å². The summed E-state index contributed by atoms with van der Waals surface area (Å²) in [5.74, 6) is -27.3. The third-order valence-corrected chi connectivity index (χ3v) is 15.9. The first-order valence-corrected chi connectivity index (χ1v) is 27.6. The smallest absolute Gasteiger partial charge is 0.381 e. The van der Waals surface area contributed by atoms with Crippen molar-refractivity contribution in [3.63, 3.8) is 0 Å². The average Bonchev–Trinajstić information content (AvgIpc) is 2.73. The molecule has 0 spiro atoms. The molecule has 0 aliphatic heterocycles. The third-order valence-electron chi connectivity index (χ3n) is 15.9. The number of benzene rings is 8. The first-order valence-electron chi connectivity index (χ1n) is 27.6. The van der Waals surface area contributed by atoms with Crippen LogP contribution in [0.2, 0.25) is 0 Å². The Kier molecular flexibility index (Phi) is 15.7. The summed E-state index contributed by atoms with van der Waals surface area (Å²) in [6, 6.07) is 37.6. The van der Waals surface area contributed by atoms with E-state index in [1.807, 2.05) is 101 Å². The van der Waals surface area contributed by atoms with Crippen molar-refractivity contribution in [2.24, 2.45) is 10.3 Å². The lowest BCUT2D eigenvalue weighted by atomic mass is 9.92. The Morgan fingerprint density at radius 1 is 0.430 bits per heavy atom. The zero-order chi connectivity index (χ0) is 61.9. The molecule has 10 nitrogen and oxygen atoms in total. The number of hydrogen-bond donors (Lipinski definition) is 2. The highest BCUT2D eigenvalue weighted by atomic mass is 19.4. The Morgan fingerprint density at radius 3 is 1.02 bits per heavy atom. The quantitative estimate of drug-likeness (QED) is 0.0273. The van der Waals surface area contributed by atoms with Crippen LogP contribution in [0.1, 0.15) is 101 Å². The standard InChI is InChI=1S/C68H58F8N4O6/c1-9-79-53-23-19-43(31-49(53)51-33-45(21-25-55(51)79)63(81)59-39(5)27-37(3)28-40(59)6)61(77-83)47-15-11-13-17-57(47)85-35-65(69,70)67(73,74)68(75,76)66(71,72)36-86-58-18-14-12-16-48(58)62(78-84)44-20-24-54-50(32-44)52-34-46(22-26-56(52)80(54)10-2)64(82)60-41(7)29-38(4)30-42(60)8/h11-34,83-84H,9-10,35-36H2,1-8H3/b77-61+,78-62+. The van der Waals surface area contributed by atoms with E-state index in [-0.39, 0.29) is 45.2 Å². The predicted octanol–water partition coefficient (Wildman–Crippen LogP) is 16.7. The number of aryl methyl sites for hydroxylation is 8. The van der Waals surface area contributed by atoms with Gasteiger partial charge in [0.2, 0.25) is 0 Å². The van der Waals surface area contributed by atoms with E-state index in [0.717, 1.165) is 56.5 Å². The summed E-state index contributed by atoms with van der Waals surface area (Å²) < 4.78 is 140. The molecule has 2 aromatic heterocycles. The van der Waals surface area contributed by atoms with Crippen molar-refractivity contribution in [1.82, 2.24) is 9.13 Å². The number of hydrogen-bond acceptors (Lipinski definition) is 8. The van der Waals surface area contributed by atoms with E-state index in [4.69, 9.17) is 9.47 Å². The molecule has 2 N–H and O–H groups in total. The number of para-hydroxylation sites is 2. The van der Waals surface area contributed by atoms with E-state index in [0.29, 0.717) is 67.9 Å². The molecule has 10 rings (SSSR count). The van der Waals surface area contributed by atoms with Crippen molar-refractivity contribution in [2.75, 3.05) is 13.2 Å². The number of ether oxygens (including phenoxy) is 2. The van der Waals surface area contributed by atoms with Crippen molar-refractivity contribution in [1.29, 1.82) is 0 Å². The first kappa shape index (κ1) is 59.8. The molecule has 0 saturated carbocycles. The Labute approximate surface area is 489 Å². The monoisotopic (exact) mass is 1180 g/mol. The highest BCUT2D eigenvalue weighted by molar-refractivity contribution is 6.21. The van der Waals surface area contributed by atoms with Crippen LogP contribution in [-0.4, -0.2) is 79.4 Å². The molecule has 0 unspecified atom stereocenters. The van der Waals surface area contributed by atoms with Crippen molar-refractivity contribution in [2.45, 2.75) is 92.2 Å². The molecule has 0 atom stereocenters. The van der Waals surface area contributed by atoms with E-state index in [1.165, 1.54) is 48.5 Å². The van der Waals surface area contributed by atoms with Crippen molar-refractivity contribution < 1.29 is 64.6 Å². The van der Waals surface area contributed by atoms with Crippen LogP contribution in [0.5, 0.6) is 11.5 Å². The molecule has 18 heteroatoms. The zero-order valence-corrected chi connectivity index (χ0v) is 48.0. The number of aromatic nitrogens is 2. The number of fused-ring (bicyclic) bond motifs is 6. The van der Waals surface area contributed by atoms with Crippen LogP contribution in [0.25, 0.3) is 43.6 Å². The molecule has 2 heterocycles. The summed E-state index contributed by atoms with van der Waals surface area (Å²) >= 11 is 0. The number of nitrogens with zero attached hydrogens (tertiary/aromatic N) is 4. The maximum absolute atomic E-state index is 15.8. The Balaban J connectivity index is 0.885. The van der Waals surface area contributed by atoms with E-state index < -0.39 is 48.4 Å². The van der Waals surface area contributed by atoms with Crippen LogP contribution in [0.4, 0.5) is 35.1 Å². The molecule has 0 radical (unpaired) electrons. The minimum atomic E-state index is -6.79. The van der Waals surface area contributed by atoms with Gasteiger partial charge in [-0.25, -0.2) is 0 Å². The number of carbonyl (C=O) groups excluding carboxylic acids is 2. The molecule has 86 heavy (non-hydrogen) atoms. The van der Waals surface area contributed by atoms with Gasteiger partial charge in [0.1, 0.15) is 22.9 Å². The Bertz CT molecular complexity index is 4120. The van der Waals surface area contributed by atoms with E-state index in [9.17, 15) is 20.0 Å². The molecule has 0 aliphatic carbocycles. The molecule has 0 saturated heterocycles. The molecule has 442 valence electrons. The molecule has 0 amide bonds. The van der Waals surface area contributed by atoms with Crippen LogP contribution in [0.15, 0.2) is 156 Å². The van der Waals surface area contributed by atoms with Crippen LogP contribution < -0.4 is 9.47 Å². The van der Waals surface area contributed by atoms with Crippen molar-refractivity contribution in [3.8, 4) is 11.5 Å². The van der Waals surface area contributed by atoms with Crippen LogP contribution >= 0.6 is 0 Å². The number of ketones is 2. The SMILES string of the molecule is CCn1c2ccc(C(=O)c3c(C)cc(C)cc3C)cc2c2cc(/C(=N\O)c3ccccc3OCC(F)(F)C(F)(F)C(F)(F)C(F)(F)COc3ccccc3/C(=N/O)c3ccc4c(c3)c3cc(C(=O)c5c(C)cc(C)cc5C)ccc3n4CC)ccc21. The zero-order valence-electron chi connectivity index (χ0n) is 48.0. The van der Waals surface area contributed by atoms with Crippen LogP contribution in [0.3, 0.4) is 0 Å². The van der Waals surface area contributed by atoms with Gasteiger partial charge in [-0.15, -0.1) is 0 Å². The maximum atomic E-state index is 15.8. The van der Waals surface area contributed by atoms with Gasteiger partial charge in [-0.1, -0.05) is 82.1 Å². The van der Waals surface area contributed by atoms with Crippen molar-refractivity contribution >= 4 is 66.6 Å². The summed E-state index contributed by atoms with van der Waals surface area (Å²) in [6.45, 7) is 11.0. The second kappa shape index (κ2) is 22.6. The molecule has 0 aliphatic rings. The Morgan fingerprint density at radius 2 is 0.721 bits per heavy atom. The molecule has 10 aromatic rings. The summed E-state index contributed by atoms with van der Waals surface area (Å²) in [7, 11) is 0. The highest BCUT2D eigenvalue weighted by Gasteiger charge is 2.81. The molecule has 8 aromatic carbocycles. The van der Waals surface area contributed by atoms with Crippen LogP contribution in [-0.2, 0) is 13.1 Å². The van der Waals surface area contributed by atoms with Gasteiger partial charge in [-0.05, 0) is 163 Å². The van der Waals surface area contributed by atoms with Gasteiger partial charge in [0.25, 0.3) is 0 Å². The molecule has 0 fully saturated rings. The maximum Gasteiger partial charge on any atom is 0.381 e. The lowest BCUT2D eigenvalue weighted by Gasteiger charge is -2.36. The van der Waals surface area contributed by atoms with E-state index in [2.05, 4.69) is 10.3 Å². The topological polar surface area (TPSA) is 128 Å². The fourth-order valence-electron chi connectivity index (χ4n) is 11.9. The minimum Gasteiger partial charge on any atom is -0.486 e. The van der Waals surface area contributed by atoms with Gasteiger partial charge in [-0.3, -0.25) is 9.59 Å². The van der Waals surface area contributed by atoms with Gasteiger partial charge in [-0.2, -0.15) is 35.1 Å². The van der Waals surface area contributed by atoms with Crippen molar-refractivity contribution in [3.05, 3.63) is 223 Å². The minimum absolute atomic E-state index is 0.156. The fourth-order valence-corrected chi connectivity index (χ4v) is 11.9. The lowest BCUT2D eigenvalue weighted by molar-refractivity contribution is -0.371. The lowest BCUT2D eigenvalue weighted by Crippen LogP contribution is -2.65. The number of oxime groups is 2. The molecular formula is C68H58F8N4O6. The number of alkyl halides is 8. The number of carbonyl (C=O) groups is 2.